The molecule has 3 aliphatic heterocycles. The normalized spacial score (nSPS) is 19.7. The van der Waals surface area contributed by atoms with Crippen molar-refractivity contribution in [3.05, 3.63) is 52.7 Å². The van der Waals surface area contributed by atoms with E-state index in [1.165, 1.54) is 5.56 Å². The van der Waals surface area contributed by atoms with Crippen LogP contribution in [0.2, 0.25) is 5.02 Å². The first-order valence-electron chi connectivity index (χ1n) is 10.2. The molecule has 0 radical (unpaired) electrons. The smallest absolute Gasteiger partial charge is 0.231 e. The van der Waals surface area contributed by atoms with Gasteiger partial charge in [0.1, 0.15) is 5.82 Å². The second-order valence-corrected chi connectivity index (χ2v) is 9.31. The second-order valence-electron chi connectivity index (χ2n) is 8.87. The average molecular weight is 423 g/mol. The van der Waals surface area contributed by atoms with Gasteiger partial charge in [0, 0.05) is 55.6 Å². The van der Waals surface area contributed by atoms with E-state index in [1.54, 1.807) is 12.4 Å². The predicted octanol–water partition coefficient (Wildman–Crippen LogP) is 2.29. The minimum atomic E-state index is 0.306. The van der Waals surface area contributed by atoms with Crippen molar-refractivity contribution in [2.45, 2.75) is 20.0 Å². The predicted molar refractivity (Wildman–Crippen MR) is 115 cm³/mol. The number of benzene rings is 1. The minimum Gasteiger partial charge on any atom is -0.354 e. The van der Waals surface area contributed by atoms with Crippen LogP contribution in [0.25, 0.3) is 5.69 Å². The van der Waals surface area contributed by atoms with E-state index in [0.29, 0.717) is 5.41 Å². The SMILES string of the molecule is Cc1nccnc1N1CC2(C1)CN(c1nnc3n1-c1ccc(Cl)cc1CN(C)C3)C2. The van der Waals surface area contributed by atoms with Gasteiger partial charge < -0.3 is 9.80 Å². The highest BCUT2D eigenvalue weighted by atomic mass is 35.5. The van der Waals surface area contributed by atoms with Gasteiger partial charge in [-0.25, -0.2) is 4.98 Å². The lowest BCUT2D eigenvalue weighted by atomic mass is 9.73. The number of aryl methyl sites for hydroxylation is 1. The van der Waals surface area contributed by atoms with Gasteiger partial charge in [0.2, 0.25) is 5.95 Å². The molecule has 0 amide bonds. The molecule has 0 atom stereocenters. The molecule has 1 spiro atoms. The van der Waals surface area contributed by atoms with Crippen molar-refractivity contribution in [2.75, 3.05) is 43.0 Å². The van der Waals surface area contributed by atoms with Crippen molar-refractivity contribution in [1.29, 1.82) is 0 Å². The molecule has 0 saturated carbocycles. The monoisotopic (exact) mass is 422 g/mol. The molecule has 2 saturated heterocycles. The molecule has 3 aromatic rings. The van der Waals surface area contributed by atoms with Gasteiger partial charge in [0.25, 0.3) is 0 Å². The second kappa shape index (κ2) is 6.39. The van der Waals surface area contributed by atoms with Crippen molar-refractivity contribution >= 4 is 23.4 Å². The van der Waals surface area contributed by atoms with Crippen molar-refractivity contribution in [3.63, 3.8) is 0 Å². The lowest BCUT2D eigenvalue weighted by molar-refractivity contribution is 0.153. The van der Waals surface area contributed by atoms with E-state index < -0.39 is 0 Å². The molecular weight excluding hydrogens is 400 g/mol. The average Bonchev–Trinajstić information content (AvgIpc) is 2.97. The Hall–Kier alpha value is -2.71. The number of nitrogens with zero attached hydrogens (tertiary/aromatic N) is 8. The van der Waals surface area contributed by atoms with E-state index >= 15 is 0 Å². The maximum absolute atomic E-state index is 6.27. The molecule has 0 bridgehead atoms. The van der Waals surface area contributed by atoms with Gasteiger partial charge in [-0.3, -0.25) is 14.5 Å². The lowest BCUT2D eigenvalue weighted by Gasteiger charge is -2.60. The summed E-state index contributed by atoms with van der Waals surface area (Å²) in [6.45, 7) is 7.62. The van der Waals surface area contributed by atoms with Crippen LogP contribution in [-0.2, 0) is 13.1 Å². The van der Waals surface area contributed by atoms with Gasteiger partial charge >= 0.3 is 0 Å². The molecule has 0 N–H and O–H groups in total. The zero-order valence-electron chi connectivity index (χ0n) is 17.1. The van der Waals surface area contributed by atoms with Crippen LogP contribution in [0.5, 0.6) is 0 Å². The number of hydrogen-bond donors (Lipinski definition) is 0. The van der Waals surface area contributed by atoms with E-state index in [9.17, 15) is 0 Å². The first-order valence-corrected chi connectivity index (χ1v) is 10.6. The fourth-order valence-corrected chi connectivity index (χ4v) is 5.27. The molecule has 2 aromatic heterocycles. The Balaban J connectivity index is 1.25. The maximum Gasteiger partial charge on any atom is 0.231 e. The van der Waals surface area contributed by atoms with E-state index in [2.05, 4.69) is 58.6 Å². The van der Waals surface area contributed by atoms with E-state index in [1.807, 2.05) is 13.0 Å². The van der Waals surface area contributed by atoms with Crippen molar-refractivity contribution < 1.29 is 0 Å². The summed E-state index contributed by atoms with van der Waals surface area (Å²) in [5.74, 6) is 2.91. The molecule has 6 rings (SSSR count). The zero-order chi connectivity index (χ0) is 20.5. The summed E-state index contributed by atoms with van der Waals surface area (Å²) in [5, 5.41) is 9.86. The topological polar surface area (TPSA) is 66.2 Å². The number of hydrogen-bond acceptors (Lipinski definition) is 7. The zero-order valence-corrected chi connectivity index (χ0v) is 17.8. The highest BCUT2D eigenvalue weighted by Gasteiger charge is 2.53. The fraction of sp³-hybridized carbons (Fsp3) is 0.429. The fourth-order valence-electron chi connectivity index (χ4n) is 5.08. The summed E-state index contributed by atoms with van der Waals surface area (Å²) in [5.41, 5.74) is 3.63. The Bertz CT molecular complexity index is 1130. The standard InChI is InChI=1S/C21H23ClN8/c1-14-19(24-6-5-23-14)28-10-21(11-28)12-29(13-21)20-26-25-18-9-27(2)8-15-7-16(22)3-4-17(15)30(18)20/h3-7H,8-13H2,1-2H3. The van der Waals surface area contributed by atoms with Crippen molar-refractivity contribution in [2.24, 2.45) is 5.41 Å². The molecule has 30 heavy (non-hydrogen) atoms. The molecule has 9 heteroatoms. The first-order chi connectivity index (χ1) is 14.5. The summed E-state index contributed by atoms with van der Waals surface area (Å²) in [6.07, 6.45) is 3.52. The van der Waals surface area contributed by atoms with Crippen LogP contribution in [0.15, 0.2) is 30.6 Å². The lowest BCUT2D eigenvalue weighted by Crippen LogP contribution is -2.73. The van der Waals surface area contributed by atoms with Crippen molar-refractivity contribution in [1.82, 2.24) is 29.6 Å². The molecule has 0 aliphatic carbocycles. The van der Waals surface area contributed by atoms with Crippen molar-refractivity contribution in [3.8, 4) is 5.69 Å². The summed E-state index contributed by atoms with van der Waals surface area (Å²) >= 11 is 6.27. The summed E-state index contributed by atoms with van der Waals surface area (Å²) in [7, 11) is 2.10. The molecule has 3 aliphatic rings. The van der Waals surface area contributed by atoms with Crippen LogP contribution in [0.1, 0.15) is 17.1 Å². The van der Waals surface area contributed by atoms with Crippen LogP contribution < -0.4 is 9.80 Å². The third-order valence-electron chi connectivity index (χ3n) is 6.39. The molecule has 5 heterocycles. The number of halogens is 1. The van der Waals surface area contributed by atoms with E-state index in [0.717, 1.165) is 73.3 Å². The van der Waals surface area contributed by atoms with Gasteiger partial charge in [0.05, 0.1) is 17.9 Å². The van der Waals surface area contributed by atoms with Gasteiger partial charge in [0.15, 0.2) is 5.82 Å². The molecular formula is C21H23ClN8. The summed E-state index contributed by atoms with van der Waals surface area (Å²) in [4.78, 5) is 15.8. The van der Waals surface area contributed by atoms with E-state index in [-0.39, 0.29) is 0 Å². The number of anilines is 2. The van der Waals surface area contributed by atoms with Crippen LogP contribution >= 0.6 is 11.6 Å². The molecule has 1 aromatic carbocycles. The number of rotatable bonds is 2. The van der Waals surface area contributed by atoms with Crippen LogP contribution in [0.4, 0.5) is 11.8 Å². The van der Waals surface area contributed by atoms with Crippen LogP contribution in [0, 0.1) is 12.3 Å². The first kappa shape index (κ1) is 18.1. The third kappa shape index (κ3) is 2.70. The van der Waals surface area contributed by atoms with Gasteiger partial charge in [-0.05, 0) is 37.7 Å². The van der Waals surface area contributed by atoms with E-state index in [4.69, 9.17) is 11.6 Å². The van der Waals surface area contributed by atoms with Gasteiger partial charge in [-0.2, -0.15) is 0 Å². The highest BCUT2D eigenvalue weighted by molar-refractivity contribution is 6.30. The molecule has 2 fully saturated rings. The van der Waals surface area contributed by atoms with Gasteiger partial charge in [-0.1, -0.05) is 11.6 Å². The Kier molecular flexibility index (Phi) is 3.85. The largest absolute Gasteiger partial charge is 0.354 e. The Labute approximate surface area is 180 Å². The molecule has 8 nitrogen and oxygen atoms in total. The van der Waals surface area contributed by atoms with Crippen LogP contribution in [0.3, 0.4) is 0 Å². The molecule has 154 valence electrons. The summed E-state index contributed by atoms with van der Waals surface area (Å²) in [6, 6.07) is 6.09. The summed E-state index contributed by atoms with van der Waals surface area (Å²) < 4.78 is 2.21. The Morgan fingerprint density at radius 2 is 1.73 bits per heavy atom. The maximum atomic E-state index is 6.27. The quantitative estimate of drug-likeness (QED) is 0.627. The minimum absolute atomic E-state index is 0.306. The molecule has 0 unspecified atom stereocenters. The Morgan fingerprint density at radius 1 is 0.967 bits per heavy atom. The number of fused-ring (bicyclic) bond motifs is 3. The highest BCUT2D eigenvalue weighted by Crippen LogP contribution is 2.44. The van der Waals surface area contributed by atoms with Gasteiger partial charge in [-0.15, -0.1) is 10.2 Å². The number of aromatic nitrogens is 5. The van der Waals surface area contributed by atoms with Crippen LogP contribution in [-0.4, -0.2) is 62.9 Å². The Morgan fingerprint density at radius 3 is 2.53 bits per heavy atom. The third-order valence-corrected chi connectivity index (χ3v) is 6.62.